The van der Waals surface area contributed by atoms with E-state index in [2.05, 4.69) is 34.5 Å². The predicted octanol–water partition coefficient (Wildman–Crippen LogP) is 3.43. The van der Waals surface area contributed by atoms with Gasteiger partial charge in [0.1, 0.15) is 0 Å². The van der Waals surface area contributed by atoms with Crippen LogP contribution >= 0.6 is 0 Å². The number of hydrogen-bond acceptors (Lipinski definition) is 4. The van der Waals surface area contributed by atoms with Crippen LogP contribution < -0.4 is 5.43 Å². The lowest BCUT2D eigenvalue weighted by Crippen LogP contribution is -2.42. The fourth-order valence-electron chi connectivity index (χ4n) is 3.34. The molecule has 1 atom stereocenters. The Morgan fingerprint density at radius 1 is 1.11 bits per heavy atom. The van der Waals surface area contributed by atoms with Crippen molar-refractivity contribution in [2.45, 2.75) is 26.3 Å². The van der Waals surface area contributed by atoms with Crippen molar-refractivity contribution in [3.8, 4) is 0 Å². The van der Waals surface area contributed by atoms with E-state index in [1.165, 1.54) is 11.1 Å². The van der Waals surface area contributed by atoms with Crippen molar-refractivity contribution in [2.75, 3.05) is 26.3 Å². The Bertz CT molecular complexity index is 766. The second-order valence-corrected chi connectivity index (χ2v) is 6.71. The molecule has 0 saturated carbocycles. The fraction of sp³-hybridized carbons (Fsp3) is 0.364. The third-order valence-electron chi connectivity index (χ3n) is 4.88. The van der Waals surface area contributed by atoms with Crippen LogP contribution in [0.4, 0.5) is 0 Å². The van der Waals surface area contributed by atoms with Crippen molar-refractivity contribution in [3.63, 3.8) is 0 Å². The molecule has 5 heteroatoms. The first-order chi connectivity index (χ1) is 13.2. The zero-order valence-corrected chi connectivity index (χ0v) is 16.0. The van der Waals surface area contributed by atoms with Gasteiger partial charge in [0.05, 0.1) is 25.0 Å². The number of nitrogens with zero attached hydrogens (tertiary/aromatic N) is 2. The van der Waals surface area contributed by atoms with Crippen molar-refractivity contribution >= 4 is 11.6 Å². The van der Waals surface area contributed by atoms with Crippen LogP contribution in [-0.4, -0.2) is 42.8 Å². The quantitative estimate of drug-likeness (QED) is 0.630. The maximum Gasteiger partial charge on any atom is 0.271 e. The second-order valence-electron chi connectivity index (χ2n) is 6.71. The Balaban J connectivity index is 1.75. The first-order valence-electron chi connectivity index (χ1n) is 9.49. The first-order valence-corrected chi connectivity index (χ1v) is 9.49. The van der Waals surface area contributed by atoms with Crippen molar-refractivity contribution in [3.05, 3.63) is 71.3 Å². The molecule has 3 rings (SSSR count). The van der Waals surface area contributed by atoms with Gasteiger partial charge in [0.2, 0.25) is 0 Å². The number of amides is 1. The number of carbonyl (C=O) groups excluding carboxylic acids is 1. The third-order valence-corrected chi connectivity index (χ3v) is 4.88. The molecule has 1 amide bonds. The molecule has 1 aliphatic rings. The molecule has 1 saturated heterocycles. The second kappa shape index (κ2) is 9.44. The molecule has 0 aromatic heterocycles. The third kappa shape index (κ3) is 5.02. The maximum atomic E-state index is 12.4. The lowest BCUT2D eigenvalue weighted by Gasteiger charge is -2.34. The standard InChI is InChI=1S/C22H27N3O2/c1-3-18-9-11-20(12-10-18)22(26)24-23-17(2)21(19-7-5-4-6-8-19)25-13-15-27-16-14-25/h4-12,21H,3,13-16H2,1-2H3,(H,24,26)/b23-17-/t21-/m0/s1. The highest BCUT2D eigenvalue weighted by Crippen LogP contribution is 2.23. The van der Waals surface area contributed by atoms with Crippen LogP contribution in [0, 0.1) is 0 Å². The molecule has 2 aromatic rings. The molecule has 0 radical (unpaired) electrons. The van der Waals surface area contributed by atoms with Gasteiger partial charge in [0.25, 0.3) is 5.91 Å². The average Bonchev–Trinajstić information content (AvgIpc) is 2.74. The topological polar surface area (TPSA) is 53.9 Å². The minimum Gasteiger partial charge on any atom is -0.379 e. The van der Waals surface area contributed by atoms with Gasteiger partial charge in [0.15, 0.2) is 0 Å². The highest BCUT2D eigenvalue weighted by Gasteiger charge is 2.25. The van der Waals surface area contributed by atoms with E-state index in [0.29, 0.717) is 18.8 Å². The molecule has 1 heterocycles. The number of aryl methyl sites for hydroxylation is 1. The Hall–Kier alpha value is -2.50. The summed E-state index contributed by atoms with van der Waals surface area (Å²) < 4.78 is 5.49. The summed E-state index contributed by atoms with van der Waals surface area (Å²) in [5.74, 6) is -0.189. The van der Waals surface area contributed by atoms with Gasteiger partial charge >= 0.3 is 0 Å². The van der Waals surface area contributed by atoms with E-state index in [0.717, 1.165) is 25.2 Å². The lowest BCUT2D eigenvalue weighted by atomic mass is 10.0. The van der Waals surface area contributed by atoms with Gasteiger partial charge in [-0.25, -0.2) is 5.43 Å². The molecule has 0 bridgehead atoms. The highest BCUT2D eigenvalue weighted by atomic mass is 16.5. The Morgan fingerprint density at radius 3 is 2.41 bits per heavy atom. The van der Waals surface area contributed by atoms with E-state index in [9.17, 15) is 4.79 Å². The molecule has 1 fully saturated rings. The summed E-state index contributed by atoms with van der Waals surface area (Å²) in [6, 6.07) is 17.9. The zero-order valence-electron chi connectivity index (χ0n) is 16.0. The molecule has 2 aromatic carbocycles. The summed E-state index contributed by atoms with van der Waals surface area (Å²) in [4.78, 5) is 14.8. The van der Waals surface area contributed by atoms with E-state index in [-0.39, 0.29) is 11.9 Å². The number of benzene rings is 2. The number of morpholine rings is 1. The van der Waals surface area contributed by atoms with Gasteiger partial charge in [-0.05, 0) is 36.6 Å². The van der Waals surface area contributed by atoms with Crippen molar-refractivity contribution in [1.29, 1.82) is 0 Å². The number of ether oxygens (including phenoxy) is 1. The van der Waals surface area contributed by atoms with Gasteiger partial charge < -0.3 is 4.74 Å². The molecular weight excluding hydrogens is 338 g/mol. The van der Waals surface area contributed by atoms with Crippen LogP contribution in [0.3, 0.4) is 0 Å². The van der Waals surface area contributed by atoms with Crippen LogP contribution in [0.2, 0.25) is 0 Å². The fourth-order valence-corrected chi connectivity index (χ4v) is 3.34. The van der Waals surface area contributed by atoms with E-state index in [4.69, 9.17) is 4.74 Å². The molecule has 0 aliphatic carbocycles. The summed E-state index contributed by atoms with van der Waals surface area (Å²) >= 11 is 0. The van der Waals surface area contributed by atoms with Crippen LogP contribution in [0.5, 0.6) is 0 Å². The monoisotopic (exact) mass is 365 g/mol. The van der Waals surface area contributed by atoms with Crippen molar-refractivity contribution in [2.24, 2.45) is 5.10 Å². The van der Waals surface area contributed by atoms with E-state index in [1.54, 1.807) is 0 Å². The van der Waals surface area contributed by atoms with Gasteiger partial charge in [-0.1, -0.05) is 49.4 Å². The van der Waals surface area contributed by atoms with Crippen LogP contribution in [-0.2, 0) is 11.2 Å². The molecule has 0 unspecified atom stereocenters. The SMILES string of the molecule is CCc1ccc(C(=O)N/N=C(/C)[C@@H](c2ccccc2)N2CCOCC2)cc1. The maximum absolute atomic E-state index is 12.4. The van der Waals surface area contributed by atoms with Crippen LogP contribution in [0.25, 0.3) is 0 Å². The largest absolute Gasteiger partial charge is 0.379 e. The van der Waals surface area contributed by atoms with Crippen LogP contribution in [0.1, 0.15) is 41.4 Å². The van der Waals surface area contributed by atoms with Crippen molar-refractivity contribution < 1.29 is 9.53 Å². The van der Waals surface area contributed by atoms with E-state index >= 15 is 0 Å². The molecule has 0 spiro atoms. The van der Waals surface area contributed by atoms with Gasteiger partial charge in [-0.15, -0.1) is 0 Å². The number of hydrogen-bond donors (Lipinski definition) is 1. The lowest BCUT2D eigenvalue weighted by molar-refractivity contribution is 0.0285. The zero-order chi connectivity index (χ0) is 19.1. The molecule has 1 N–H and O–H groups in total. The number of carbonyl (C=O) groups is 1. The number of rotatable bonds is 6. The molecule has 5 nitrogen and oxygen atoms in total. The number of nitrogens with one attached hydrogen (secondary N) is 1. The smallest absolute Gasteiger partial charge is 0.271 e. The first kappa shape index (κ1) is 19.3. The average molecular weight is 365 g/mol. The summed E-state index contributed by atoms with van der Waals surface area (Å²) in [6.45, 7) is 7.18. The number of hydrazone groups is 1. The summed E-state index contributed by atoms with van der Waals surface area (Å²) in [7, 11) is 0. The molecular formula is C22H27N3O2. The normalized spacial score (nSPS) is 16.7. The minimum atomic E-state index is -0.189. The van der Waals surface area contributed by atoms with E-state index < -0.39 is 0 Å². The molecule has 1 aliphatic heterocycles. The van der Waals surface area contributed by atoms with Gasteiger partial charge in [-0.2, -0.15) is 5.10 Å². The Morgan fingerprint density at radius 2 is 1.78 bits per heavy atom. The molecule has 142 valence electrons. The summed E-state index contributed by atoms with van der Waals surface area (Å²) in [5, 5.41) is 4.43. The Kier molecular flexibility index (Phi) is 6.74. The molecule has 27 heavy (non-hydrogen) atoms. The van der Waals surface area contributed by atoms with E-state index in [1.807, 2.05) is 49.4 Å². The predicted molar refractivity (Wildman–Crippen MR) is 108 cm³/mol. The highest BCUT2D eigenvalue weighted by molar-refractivity contribution is 5.96. The van der Waals surface area contributed by atoms with Gasteiger partial charge in [0, 0.05) is 18.7 Å². The minimum absolute atomic E-state index is 0.0258. The van der Waals surface area contributed by atoms with Crippen LogP contribution in [0.15, 0.2) is 59.7 Å². The summed E-state index contributed by atoms with van der Waals surface area (Å²) in [6.07, 6.45) is 0.956. The van der Waals surface area contributed by atoms with Gasteiger partial charge in [-0.3, -0.25) is 9.69 Å². The van der Waals surface area contributed by atoms with Crippen molar-refractivity contribution in [1.82, 2.24) is 10.3 Å². The Labute approximate surface area is 161 Å². The summed E-state index contributed by atoms with van der Waals surface area (Å²) in [5.41, 5.74) is 6.58.